The topological polar surface area (TPSA) is 40.5 Å². The van der Waals surface area contributed by atoms with Gasteiger partial charge in [0.25, 0.3) is 0 Å². The van der Waals surface area contributed by atoms with E-state index in [1.165, 1.54) is 12.0 Å². The summed E-state index contributed by atoms with van der Waals surface area (Å²) in [5.41, 5.74) is 1.31. The van der Waals surface area contributed by atoms with Gasteiger partial charge in [-0.15, -0.1) is 0 Å². The Morgan fingerprint density at radius 2 is 2.00 bits per heavy atom. The number of nitrogens with zero attached hydrogens (tertiary/aromatic N) is 1. The number of rotatable bonds is 5. The second kappa shape index (κ2) is 6.89. The minimum absolute atomic E-state index is 0.175. The van der Waals surface area contributed by atoms with Crippen LogP contribution in [0.15, 0.2) is 30.3 Å². The van der Waals surface area contributed by atoms with Gasteiger partial charge in [-0.05, 0) is 30.9 Å². The summed E-state index contributed by atoms with van der Waals surface area (Å²) >= 11 is 0. The van der Waals surface area contributed by atoms with E-state index >= 15 is 0 Å². The zero-order chi connectivity index (χ0) is 14.5. The van der Waals surface area contributed by atoms with Crippen molar-refractivity contribution < 1.29 is 9.90 Å². The van der Waals surface area contributed by atoms with Crippen LogP contribution in [0.1, 0.15) is 51.1 Å². The Morgan fingerprint density at radius 3 is 2.60 bits per heavy atom. The Kier molecular flexibility index (Phi) is 5.18. The van der Waals surface area contributed by atoms with Crippen molar-refractivity contribution in [2.75, 3.05) is 6.54 Å². The van der Waals surface area contributed by atoms with Gasteiger partial charge in [0.15, 0.2) is 0 Å². The Bertz CT molecular complexity index is 430. The van der Waals surface area contributed by atoms with Crippen molar-refractivity contribution >= 4 is 5.97 Å². The van der Waals surface area contributed by atoms with Crippen molar-refractivity contribution in [1.82, 2.24) is 4.90 Å². The van der Waals surface area contributed by atoms with Gasteiger partial charge >= 0.3 is 5.97 Å². The summed E-state index contributed by atoms with van der Waals surface area (Å²) in [6.07, 6.45) is 3.58. The highest BCUT2D eigenvalue weighted by Gasteiger charge is 2.32. The predicted molar refractivity (Wildman–Crippen MR) is 80.6 cm³/mol. The number of likely N-dealkylation sites (tertiary alicyclic amines) is 1. The molecular formula is C17H25NO2. The first-order chi connectivity index (χ1) is 9.59. The Balaban J connectivity index is 2.24. The number of carboxylic acids is 1. The van der Waals surface area contributed by atoms with Crippen LogP contribution in [-0.4, -0.2) is 28.6 Å². The van der Waals surface area contributed by atoms with Crippen molar-refractivity contribution in [3.63, 3.8) is 0 Å². The summed E-state index contributed by atoms with van der Waals surface area (Å²) in [7, 11) is 0. The molecule has 2 unspecified atom stereocenters. The number of aliphatic carboxylic acids is 1. The molecule has 0 saturated carbocycles. The molecule has 3 heteroatoms. The van der Waals surface area contributed by atoms with E-state index in [2.05, 4.69) is 43.0 Å². The van der Waals surface area contributed by atoms with Crippen molar-refractivity contribution in [3.05, 3.63) is 35.9 Å². The van der Waals surface area contributed by atoms with Gasteiger partial charge in [0, 0.05) is 12.1 Å². The van der Waals surface area contributed by atoms with Crippen LogP contribution in [-0.2, 0) is 4.79 Å². The highest BCUT2D eigenvalue weighted by Crippen LogP contribution is 2.34. The number of carbonyl (C=O) groups is 1. The molecule has 1 aromatic carbocycles. The smallest absolute Gasteiger partial charge is 0.304 e. The normalized spacial score (nSPS) is 21.9. The fourth-order valence-corrected chi connectivity index (χ4v) is 3.42. The molecule has 2 atom stereocenters. The molecule has 2 rings (SSSR count). The van der Waals surface area contributed by atoms with Gasteiger partial charge in [-0.25, -0.2) is 0 Å². The maximum atomic E-state index is 11.1. The predicted octanol–water partition coefficient (Wildman–Crippen LogP) is 3.71. The van der Waals surface area contributed by atoms with Crippen molar-refractivity contribution in [1.29, 1.82) is 0 Å². The van der Waals surface area contributed by atoms with Crippen LogP contribution in [0.4, 0.5) is 0 Å². The fraction of sp³-hybridized carbons (Fsp3) is 0.588. The monoisotopic (exact) mass is 275 g/mol. The molecule has 0 aromatic heterocycles. The highest BCUT2D eigenvalue weighted by molar-refractivity contribution is 5.67. The van der Waals surface area contributed by atoms with Gasteiger partial charge < -0.3 is 5.11 Å². The molecule has 1 heterocycles. The molecule has 1 aliphatic rings. The second-order valence-electron chi connectivity index (χ2n) is 6.08. The third-order valence-corrected chi connectivity index (χ3v) is 4.21. The van der Waals surface area contributed by atoms with E-state index in [1.54, 1.807) is 0 Å². The number of carboxylic acid groups (broad SMARTS) is 1. The second-order valence-corrected chi connectivity index (χ2v) is 6.08. The Hall–Kier alpha value is -1.35. The first-order valence-corrected chi connectivity index (χ1v) is 7.62. The molecule has 110 valence electrons. The van der Waals surface area contributed by atoms with Gasteiger partial charge in [0.2, 0.25) is 0 Å². The number of piperidine rings is 1. The van der Waals surface area contributed by atoms with Gasteiger partial charge in [-0.1, -0.05) is 50.6 Å². The van der Waals surface area contributed by atoms with E-state index < -0.39 is 5.97 Å². The van der Waals surface area contributed by atoms with Crippen molar-refractivity contribution in [2.24, 2.45) is 5.92 Å². The SMILES string of the molecule is CC(C)C(c1ccccc1)N1CCCCC1CC(=O)O. The molecule has 1 aliphatic heterocycles. The lowest BCUT2D eigenvalue weighted by atomic mass is 9.89. The van der Waals surface area contributed by atoms with Crippen LogP contribution < -0.4 is 0 Å². The van der Waals surface area contributed by atoms with E-state index in [0.717, 1.165) is 19.4 Å². The van der Waals surface area contributed by atoms with Crippen LogP contribution in [0, 0.1) is 5.92 Å². The van der Waals surface area contributed by atoms with E-state index in [0.29, 0.717) is 12.0 Å². The minimum Gasteiger partial charge on any atom is -0.481 e. The first kappa shape index (κ1) is 15.0. The first-order valence-electron chi connectivity index (χ1n) is 7.62. The summed E-state index contributed by atoms with van der Waals surface area (Å²) in [6.45, 7) is 5.46. The average molecular weight is 275 g/mol. The van der Waals surface area contributed by atoms with Crippen LogP contribution in [0.25, 0.3) is 0 Å². The fourth-order valence-electron chi connectivity index (χ4n) is 3.42. The molecule has 20 heavy (non-hydrogen) atoms. The van der Waals surface area contributed by atoms with Crippen LogP contribution >= 0.6 is 0 Å². The van der Waals surface area contributed by atoms with E-state index in [9.17, 15) is 4.79 Å². The maximum Gasteiger partial charge on any atom is 0.304 e. The molecule has 1 saturated heterocycles. The van der Waals surface area contributed by atoms with Crippen LogP contribution in [0.2, 0.25) is 0 Å². The number of hydrogen-bond donors (Lipinski definition) is 1. The quantitative estimate of drug-likeness (QED) is 0.890. The van der Waals surface area contributed by atoms with Gasteiger partial charge in [0.05, 0.1) is 6.42 Å². The summed E-state index contributed by atoms with van der Waals surface area (Å²) in [5.74, 6) is -0.204. The Labute approximate surface area is 121 Å². The summed E-state index contributed by atoms with van der Waals surface area (Å²) in [4.78, 5) is 13.5. The number of hydrogen-bond acceptors (Lipinski definition) is 2. The standard InChI is InChI=1S/C17H25NO2/c1-13(2)17(14-8-4-3-5-9-14)18-11-7-6-10-15(18)12-16(19)20/h3-5,8-9,13,15,17H,6-7,10-12H2,1-2H3,(H,19,20). The van der Waals surface area contributed by atoms with Crippen LogP contribution in [0.5, 0.6) is 0 Å². The van der Waals surface area contributed by atoms with E-state index in [1.807, 2.05) is 6.07 Å². The lowest BCUT2D eigenvalue weighted by Gasteiger charge is -2.43. The van der Waals surface area contributed by atoms with Crippen molar-refractivity contribution in [2.45, 2.75) is 51.6 Å². The summed E-state index contributed by atoms with van der Waals surface area (Å²) in [5, 5.41) is 9.15. The lowest BCUT2D eigenvalue weighted by molar-refractivity contribution is -0.139. The third kappa shape index (κ3) is 3.60. The molecule has 1 fully saturated rings. The third-order valence-electron chi connectivity index (χ3n) is 4.21. The van der Waals surface area contributed by atoms with E-state index in [4.69, 9.17) is 5.11 Å². The molecule has 3 nitrogen and oxygen atoms in total. The average Bonchev–Trinajstić information content (AvgIpc) is 2.41. The molecule has 0 spiro atoms. The maximum absolute atomic E-state index is 11.1. The molecule has 1 N–H and O–H groups in total. The zero-order valence-corrected chi connectivity index (χ0v) is 12.5. The highest BCUT2D eigenvalue weighted by atomic mass is 16.4. The molecule has 0 aliphatic carbocycles. The minimum atomic E-state index is -0.683. The van der Waals surface area contributed by atoms with Crippen molar-refractivity contribution in [3.8, 4) is 0 Å². The summed E-state index contributed by atoms with van der Waals surface area (Å²) in [6, 6.07) is 11.0. The number of benzene rings is 1. The van der Waals surface area contributed by atoms with E-state index in [-0.39, 0.29) is 12.5 Å². The summed E-state index contributed by atoms with van der Waals surface area (Å²) < 4.78 is 0. The molecule has 1 aromatic rings. The van der Waals surface area contributed by atoms with Gasteiger partial charge in [-0.2, -0.15) is 0 Å². The van der Waals surface area contributed by atoms with Gasteiger partial charge in [-0.3, -0.25) is 9.69 Å². The molecule has 0 bridgehead atoms. The molecule has 0 amide bonds. The molecule has 0 radical (unpaired) electrons. The largest absolute Gasteiger partial charge is 0.481 e. The zero-order valence-electron chi connectivity index (χ0n) is 12.5. The van der Waals surface area contributed by atoms with Gasteiger partial charge in [0.1, 0.15) is 0 Å². The molecular weight excluding hydrogens is 250 g/mol. The Morgan fingerprint density at radius 1 is 1.30 bits per heavy atom. The lowest BCUT2D eigenvalue weighted by Crippen LogP contribution is -2.44. The van der Waals surface area contributed by atoms with Crippen LogP contribution in [0.3, 0.4) is 0 Å².